The predicted molar refractivity (Wildman–Crippen MR) is 51.9 cm³/mol. The van der Waals surface area contributed by atoms with E-state index in [1.54, 1.807) is 11.4 Å². The highest BCUT2D eigenvalue weighted by Gasteiger charge is 2.06. The van der Waals surface area contributed by atoms with Gasteiger partial charge in [-0.05, 0) is 12.1 Å². The number of carbonyl (C=O) groups excluding carboxylic acids is 1. The molecular weight excluding hydrogens is 182 g/mol. The van der Waals surface area contributed by atoms with E-state index in [1.165, 1.54) is 11.3 Å². The van der Waals surface area contributed by atoms with E-state index < -0.39 is 0 Å². The maximum absolute atomic E-state index is 10.6. The molecule has 2 aromatic rings. The van der Waals surface area contributed by atoms with E-state index in [9.17, 15) is 4.79 Å². The Morgan fingerprint density at radius 1 is 1.46 bits per heavy atom. The molecule has 2 nitrogen and oxygen atoms in total. The summed E-state index contributed by atoms with van der Waals surface area (Å²) < 4.78 is 0.987. The molecule has 0 aliphatic rings. The number of nitriles is 1. The van der Waals surface area contributed by atoms with Crippen LogP contribution in [-0.4, -0.2) is 6.29 Å². The van der Waals surface area contributed by atoms with Crippen molar-refractivity contribution in [1.29, 1.82) is 5.26 Å². The lowest BCUT2D eigenvalue weighted by Gasteiger charge is -1.92. The Hall–Kier alpha value is -1.66. The van der Waals surface area contributed by atoms with E-state index in [0.717, 1.165) is 16.4 Å². The molecule has 1 heterocycles. The quantitative estimate of drug-likeness (QED) is 0.644. The van der Waals surface area contributed by atoms with Gasteiger partial charge in [0.25, 0.3) is 0 Å². The van der Waals surface area contributed by atoms with Crippen molar-refractivity contribution in [2.24, 2.45) is 0 Å². The third kappa shape index (κ3) is 1.12. The van der Waals surface area contributed by atoms with Gasteiger partial charge in [0, 0.05) is 21.0 Å². The van der Waals surface area contributed by atoms with Crippen molar-refractivity contribution in [3.8, 4) is 6.07 Å². The summed E-state index contributed by atoms with van der Waals surface area (Å²) in [5.74, 6) is 0. The maximum Gasteiger partial charge on any atom is 0.151 e. The summed E-state index contributed by atoms with van der Waals surface area (Å²) in [6.45, 7) is 0. The first-order valence-corrected chi connectivity index (χ1v) is 4.60. The minimum atomic E-state index is 0.570. The van der Waals surface area contributed by atoms with Crippen molar-refractivity contribution in [1.82, 2.24) is 0 Å². The predicted octanol–water partition coefficient (Wildman–Crippen LogP) is 2.59. The largest absolute Gasteiger partial charge is 0.298 e. The number of thiophene rings is 1. The molecule has 1 aromatic heterocycles. The van der Waals surface area contributed by atoms with Crippen molar-refractivity contribution in [3.63, 3.8) is 0 Å². The first-order chi connectivity index (χ1) is 6.36. The highest BCUT2D eigenvalue weighted by molar-refractivity contribution is 7.17. The van der Waals surface area contributed by atoms with Gasteiger partial charge in [0.15, 0.2) is 6.29 Å². The van der Waals surface area contributed by atoms with Crippen molar-refractivity contribution < 1.29 is 4.79 Å². The molecule has 0 radical (unpaired) electrons. The molecule has 0 N–H and O–H groups in total. The molecule has 62 valence electrons. The van der Waals surface area contributed by atoms with Crippen LogP contribution in [0.3, 0.4) is 0 Å². The Bertz CT molecular complexity index is 507. The normalized spacial score (nSPS) is 9.77. The summed E-state index contributed by atoms with van der Waals surface area (Å²) in [6.07, 6.45) is 0.791. The van der Waals surface area contributed by atoms with E-state index >= 15 is 0 Å². The van der Waals surface area contributed by atoms with Gasteiger partial charge in [0.2, 0.25) is 0 Å². The van der Waals surface area contributed by atoms with Crippen LogP contribution in [0.4, 0.5) is 0 Å². The summed E-state index contributed by atoms with van der Waals surface area (Å²) in [5.41, 5.74) is 1.18. The van der Waals surface area contributed by atoms with Gasteiger partial charge in [-0.1, -0.05) is 6.07 Å². The second-order valence-electron chi connectivity index (χ2n) is 2.60. The molecule has 0 aliphatic heterocycles. The number of rotatable bonds is 1. The lowest BCUT2D eigenvalue weighted by Crippen LogP contribution is -1.80. The number of fused-ring (bicyclic) bond motifs is 1. The lowest BCUT2D eigenvalue weighted by molar-refractivity contribution is 0.112. The molecule has 0 atom stereocenters. The summed E-state index contributed by atoms with van der Waals surface area (Å²) in [4.78, 5) is 10.6. The molecule has 2 rings (SSSR count). The van der Waals surface area contributed by atoms with Crippen LogP contribution >= 0.6 is 11.3 Å². The highest BCUT2D eigenvalue weighted by atomic mass is 32.1. The standard InChI is InChI=1S/C10H5NOS/c11-4-7-2-1-3-9-10(7)8(5-12)6-13-9/h1-3,5-6H. The van der Waals surface area contributed by atoms with Gasteiger partial charge in [-0.2, -0.15) is 5.26 Å². The highest BCUT2D eigenvalue weighted by Crippen LogP contribution is 2.27. The number of benzene rings is 1. The topological polar surface area (TPSA) is 40.9 Å². The number of hydrogen-bond donors (Lipinski definition) is 0. The van der Waals surface area contributed by atoms with E-state index in [4.69, 9.17) is 5.26 Å². The average molecular weight is 187 g/mol. The second kappa shape index (κ2) is 3.00. The van der Waals surface area contributed by atoms with Crippen molar-refractivity contribution >= 4 is 27.7 Å². The van der Waals surface area contributed by atoms with Crippen molar-refractivity contribution in [2.45, 2.75) is 0 Å². The summed E-state index contributed by atoms with van der Waals surface area (Å²) in [5, 5.41) is 11.4. The molecule has 3 heteroatoms. The molecular formula is C10H5NOS. The van der Waals surface area contributed by atoms with Gasteiger partial charge in [-0.25, -0.2) is 0 Å². The number of carbonyl (C=O) groups is 1. The minimum Gasteiger partial charge on any atom is -0.298 e. The zero-order valence-electron chi connectivity index (χ0n) is 6.65. The summed E-state index contributed by atoms with van der Waals surface area (Å²) in [7, 11) is 0. The number of hydrogen-bond acceptors (Lipinski definition) is 3. The third-order valence-corrected chi connectivity index (χ3v) is 2.84. The molecule has 13 heavy (non-hydrogen) atoms. The molecule has 0 fully saturated rings. The molecule has 0 spiro atoms. The van der Waals surface area contributed by atoms with Gasteiger partial charge in [0.05, 0.1) is 11.6 Å². The van der Waals surface area contributed by atoms with Crippen molar-refractivity contribution in [2.75, 3.05) is 0 Å². The number of aldehydes is 1. The van der Waals surface area contributed by atoms with E-state index in [-0.39, 0.29) is 0 Å². The van der Waals surface area contributed by atoms with E-state index in [0.29, 0.717) is 11.1 Å². The van der Waals surface area contributed by atoms with Crippen LogP contribution in [0, 0.1) is 11.3 Å². The first-order valence-electron chi connectivity index (χ1n) is 3.72. The fraction of sp³-hybridized carbons (Fsp3) is 0. The molecule has 0 unspecified atom stereocenters. The summed E-state index contributed by atoms with van der Waals surface area (Å²) >= 11 is 1.49. The van der Waals surface area contributed by atoms with Crippen LogP contribution in [0.1, 0.15) is 15.9 Å². The average Bonchev–Trinajstić information content (AvgIpc) is 2.60. The Kier molecular flexibility index (Phi) is 1.84. The monoisotopic (exact) mass is 187 g/mol. The van der Waals surface area contributed by atoms with Crippen LogP contribution in [0.2, 0.25) is 0 Å². The van der Waals surface area contributed by atoms with Gasteiger partial charge in [0.1, 0.15) is 0 Å². The van der Waals surface area contributed by atoms with Crippen LogP contribution in [0.5, 0.6) is 0 Å². The van der Waals surface area contributed by atoms with Crippen LogP contribution < -0.4 is 0 Å². The lowest BCUT2D eigenvalue weighted by atomic mass is 10.1. The van der Waals surface area contributed by atoms with Crippen molar-refractivity contribution in [3.05, 3.63) is 34.7 Å². The van der Waals surface area contributed by atoms with Gasteiger partial charge in [-0.15, -0.1) is 11.3 Å². The fourth-order valence-electron chi connectivity index (χ4n) is 1.29. The van der Waals surface area contributed by atoms with E-state index in [2.05, 4.69) is 6.07 Å². The molecule has 1 aromatic carbocycles. The molecule has 0 saturated heterocycles. The fourth-order valence-corrected chi connectivity index (χ4v) is 2.22. The number of nitrogens with zero attached hydrogens (tertiary/aromatic N) is 1. The Labute approximate surface area is 79.0 Å². The van der Waals surface area contributed by atoms with Crippen LogP contribution in [0.15, 0.2) is 23.6 Å². The Morgan fingerprint density at radius 2 is 2.31 bits per heavy atom. The van der Waals surface area contributed by atoms with Crippen LogP contribution in [0.25, 0.3) is 10.1 Å². The molecule has 0 amide bonds. The van der Waals surface area contributed by atoms with Gasteiger partial charge < -0.3 is 0 Å². The Balaban J connectivity index is 2.93. The minimum absolute atomic E-state index is 0.570. The van der Waals surface area contributed by atoms with Crippen LogP contribution in [-0.2, 0) is 0 Å². The van der Waals surface area contributed by atoms with Gasteiger partial charge >= 0.3 is 0 Å². The zero-order valence-corrected chi connectivity index (χ0v) is 7.47. The SMILES string of the molecule is N#Cc1cccc2scc(C=O)c12. The van der Waals surface area contributed by atoms with Gasteiger partial charge in [-0.3, -0.25) is 4.79 Å². The first kappa shape index (κ1) is 7.96. The molecule has 0 saturated carbocycles. The second-order valence-corrected chi connectivity index (χ2v) is 3.51. The molecule has 0 aliphatic carbocycles. The molecule has 0 bridgehead atoms. The maximum atomic E-state index is 10.6. The zero-order chi connectivity index (χ0) is 9.26. The third-order valence-electron chi connectivity index (χ3n) is 1.88. The Morgan fingerprint density at radius 3 is 3.00 bits per heavy atom. The summed E-state index contributed by atoms with van der Waals surface area (Å²) in [6, 6.07) is 7.54. The van der Waals surface area contributed by atoms with E-state index in [1.807, 2.05) is 12.1 Å². The smallest absolute Gasteiger partial charge is 0.151 e.